The van der Waals surface area contributed by atoms with Crippen molar-refractivity contribution < 1.29 is 4.57 Å². The van der Waals surface area contributed by atoms with E-state index in [0.29, 0.717) is 0 Å². The minimum atomic E-state index is 0.0512. The van der Waals surface area contributed by atoms with Crippen LogP contribution >= 0.6 is 11.3 Å². The monoisotopic (exact) mass is 516 g/mol. The fraction of sp³-hybridized carbons (Fsp3) is 0.306. The Morgan fingerprint density at radius 2 is 1.39 bits per heavy atom. The van der Waals surface area contributed by atoms with E-state index in [1.807, 2.05) is 11.3 Å². The number of aromatic nitrogens is 1. The highest BCUT2D eigenvalue weighted by Crippen LogP contribution is 2.44. The molecule has 2 heteroatoms. The molecule has 0 saturated carbocycles. The van der Waals surface area contributed by atoms with Crippen LogP contribution in [0.15, 0.2) is 72.9 Å². The predicted molar refractivity (Wildman–Crippen MR) is 168 cm³/mol. The van der Waals surface area contributed by atoms with E-state index in [-0.39, 0.29) is 10.8 Å². The second-order valence-electron chi connectivity index (χ2n) is 13.2. The zero-order valence-electron chi connectivity index (χ0n) is 24.0. The number of pyridine rings is 1. The molecule has 0 bridgehead atoms. The van der Waals surface area contributed by atoms with Gasteiger partial charge in [-0.05, 0) is 68.5 Å². The summed E-state index contributed by atoms with van der Waals surface area (Å²) in [5.41, 5.74) is 7.16. The molecule has 1 nitrogen and oxygen atoms in total. The lowest BCUT2D eigenvalue weighted by Gasteiger charge is -2.24. The lowest BCUT2D eigenvalue weighted by atomic mass is 9.80. The second kappa shape index (κ2) is 8.64. The van der Waals surface area contributed by atoms with E-state index >= 15 is 0 Å². The van der Waals surface area contributed by atoms with E-state index in [1.165, 1.54) is 69.7 Å². The van der Waals surface area contributed by atoms with Gasteiger partial charge in [-0.1, -0.05) is 96.1 Å². The maximum absolute atomic E-state index is 2.47. The van der Waals surface area contributed by atoms with Crippen LogP contribution in [-0.2, 0) is 18.9 Å². The number of hydrogen-bond acceptors (Lipinski definition) is 1. The van der Waals surface area contributed by atoms with E-state index < -0.39 is 0 Å². The van der Waals surface area contributed by atoms with Crippen LogP contribution in [0.4, 0.5) is 0 Å². The first-order valence-electron chi connectivity index (χ1n) is 13.7. The van der Waals surface area contributed by atoms with Crippen molar-refractivity contribution in [3.63, 3.8) is 0 Å². The van der Waals surface area contributed by atoms with E-state index in [0.717, 1.165) is 6.42 Å². The largest absolute Gasteiger partial charge is 0.230 e. The zero-order chi connectivity index (χ0) is 27.0. The third-order valence-corrected chi connectivity index (χ3v) is 9.18. The summed E-state index contributed by atoms with van der Waals surface area (Å²) in [6.45, 7) is 16.2. The lowest BCUT2D eigenvalue weighted by molar-refractivity contribution is -0.659. The van der Waals surface area contributed by atoms with Gasteiger partial charge in [0.1, 0.15) is 11.7 Å². The van der Waals surface area contributed by atoms with Crippen LogP contribution in [-0.4, -0.2) is 0 Å². The minimum absolute atomic E-state index is 0.0512. The van der Waals surface area contributed by atoms with Crippen molar-refractivity contribution in [2.75, 3.05) is 0 Å². The number of aryl methyl sites for hydroxylation is 2. The molecule has 6 aromatic rings. The molecule has 6 rings (SSSR count). The predicted octanol–water partition coefficient (Wildman–Crippen LogP) is 10.0. The summed E-state index contributed by atoms with van der Waals surface area (Å²) in [4.78, 5) is 0. The molecular formula is C36H38NS+. The van der Waals surface area contributed by atoms with Gasteiger partial charge in [0.25, 0.3) is 0 Å². The fourth-order valence-electron chi connectivity index (χ4n) is 6.14. The van der Waals surface area contributed by atoms with Gasteiger partial charge in [0.05, 0.1) is 5.56 Å². The first-order chi connectivity index (χ1) is 17.9. The zero-order valence-corrected chi connectivity index (χ0v) is 24.8. The molecule has 192 valence electrons. The molecule has 0 radical (unpaired) electrons. The number of benzene rings is 4. The van der Waals surface area contributed by atoms with Gasteiger partial charge in [-0.15, -0.1) is 11.3 Å². The summed E-state index contributed by atoms with van der Waals surface area (Å²) in [7, 11) is 2.20. The highest BCUT2D eigenvalue weighted by molar-refractivity contribution is 7.27. The van der Waals surface area contributed by atoms with E-state index in [2.05, 4.69) is 133 Å². The molecule has 0 amide bonds. The molecule has 2 aromatic heterocycles. The Morgan fingerprint density at radius 1 is 0.711 bits per heavy atom. The topological polar surface area (TPSA) is 3.88 Å². The van der Waals surface area contributed by atoms with Crippen molar-refractivity contribution in [2.45, 2.75) is 60.3 Å². The van der Waals surface area contributed by atoms with Crippen molar-refractivity contribution in [3.8, 4) is 11.3 Å². The van der Waals surface area contributed by atoms with Crippen LogP contribution in [0.25, 0.3) is 53.0 Å². The average molecular weight is 517 g/mol. The third-order valence-electron chi connectivity index (χ3n) is 7.92. The third kappa shape index (κ3) is 4.10. The Hall–Kier alpha value is -3.23. The van der Waals surface area contributed by atoms with Crippen molar-refractivity contribution in [1.82, 2.24) is 0 Å². The molecule has 38 heavy (non-hydrogen) atoms. The molecule has 2 heterocycles. The second-order valence-corrected chi connectivity index (χ2v) is 14.3. The van der Waals surface area contributed by atoms with Crippen molar-refractivity contribution in [2.24, 2.45) is 12.5 Å². The summed E-state index contributed by atoms with van der Waals surface area (Å²) in [5, 5.41) is 8.13. The molecular weight excluding hydrogens is 478 g/mol. The number of fused-ring (bicyclic) bond motifs is 6. The van der Waals surface area contributed by atoms with Gasteiger partial charge in [-0.25, -0.2) is 0 Å². The number of nitrogens with zero attached hydrogens (tertiary/aromatic N) is 1. The Morgan fingerprint density at radius 3 is 2.11 bits per heavy atom. The Balaban J connectivity index is 1.66. The molecule has 0 N–H and O–H groups in total. The standard InChI is InChI=1S/C36H38NS/c1-22-25-11-9-10-12-27(25)31(36(5,6)7)20-30(22)32-34-29(17-18-37(32)8)28-16-14-24-19-23(21-35(2,3)4)13-15-26(24)33(28)38-34/h9-20H,21H2,1-8H3/q+1. The fourth-order valence-corrected chi connectivity index (χ4v) is 7.56. The molecule has 0 aliphatic heterocycles. The van der Waals surface area contributed by atoms with Crippen molar-refractivity contribution in [3.05, 3.63) is 89.6 Å². The van der Waals surface area contributed by atoms with Crippen LogP contribution in [0, 0.1) is 12.3 Å². The summed E-state index contributed by atoms with van der Waals surface area (Å²) < 4.78 is 5.08. The Labute approximate surface area is 230 Å². The smallest absolute Gasteiger partial charge is 0.200 e. The SMILES string of the molecule is Cc1c(-c2c3sc4c5ccc(CC(C)(C)C)cc5ccc4c3cc[n+]2C)cc(C(C)(C)C)c2ccccc12. The van der Waals surface area contributed by atoms with Gasteiger partial charge in [0.15, 0.2) is 6.20 Å². The van der Waals surface area contributed by atoms with E-state index in [4.69, 9.17) is 0 Å². The van der Waals surface area contributed by atoms with Gasteiger partial charge in [0, 0.05) is 21.5 Å². The van der Waals surface area contributed by atoms with Gasteiger partial charge in [-0.2, -0.15) is 4.57 Å². The minimum Gasteiger partial charge on any atom is -0.200 e. The van der Waals surface area contributed by atoms with E-state index in [9.17, 15) is 0 Å². The number of rotatable bonds is 2. The van der Waals surface area contributed by atoms with Gasteiger partial charge < -0.3 is 0 Å². The van der Waals surface area contributed by atoms with Crippen molar-refractivity contribution in [1.29, 1.82) is 0 Å². The Kier molecular flexibility index (Phi) is 5.70. The summed E-state index contributed by atoms with van der Waals surface area (Å²) in [6.07, 6.45) is 3.33. The first-order valence-corrected chi connectivity index (χ1v) is 14.5. The highest BCUT2D eigenvalue weighted by atomic mass is 32.1. The summed E-state index contributed by atoms with van der Waals surface area (Å²) >= 11 is 1.95. The molecule has 4 aromatic carbocycles. The molecule has 0 spiro atoms. The molecule has 0 saturated heterocycles. The maximum atomic E-state index is 2.47. The first kappa shape index (κ1) is 25.1. The Bertz CT molecular complexity index is 1870. The normalized spacial score (nSPS) is 12.8. The molecule has 0 aliphatic carbocycles. The van der Waals surface area contributed by atoms with Crippen molar-refractivity contribution >= 4 is 53.1 Å². The van der Waals surface area contributed by atoms with Crippen LogP contribution in [0.5, 0.6) is 0 Å². The number of thiophene rings is 1. The van der Waals surface area contributed by atoms with Gasteiger partial charge in [-0.3, -0.25) is 0 Å². The maximum Gasteiger partial charge on any atom is 0.230 e. The van der Waals surface area contributed by atoms with Gasteiger partial charge in [0.2, 0.25) is 5.69 Å². The molecule has 0 unspecified atom stereocenters. The quantitative estimate of drug-likeness (QED) is 0.202. The summed E-state index contributed by atoms with van der Waals surface area (Å²) in [5.74, 6) is 0. The summed E-state index contributed by atoms with van der Waals surface area (Å²) in [6, 6.07) is 25.4. The number of hydrogen-bond donors (Lipinski definition) is 0. The lowest BCUT2D eigenvalue weighted by Crippen LogP contribution is -2.30. The van der Waals surface area contributed by atoms with E-state index in [1.54, 1.807) is 0 Å². The highest BCUT2D eigenvalue weighted by Gasteiger charge is 2.26. The molecule has 0 aliphatic rings. The van der Waals surface area contributed by atoms with Crippen LogP contribution in [0.1, 0.15) is 58.2 Å². The van der Waals surface area contributed by atoms with Crippen LogP contribution in [0.2, 0.25) is 0 Å². The van der Waals surface area contributed by atoms with Crippen LogP contribution < -0.4 is 4.57 Å². The average Bonchev–Trinajstić information content (AvgIpc) is 3.22. The molecule has 0 fully saturated rings. The molecule has 0 atom stereocenters. The van der Waals surface area contributed by atoms with Gasteiger partial charge >= 0.3 is 0 Å². The van der Waals surface area contributed by atoms with Crippen LogP contribution in [0.3, 0.4) is 0 Å².